The first-order chi connectivity index (χ1) is 8.34. The van der Waals surface area contributed by atoms with Gasteiger partial charge in [-0.3, -0.25) is 4.79 Å². The maximum atomic E-state index is 11.9. The van der Waals surface area contributed by atoms with E-state index in [1.807, 2.05) is 13.8 Å². The van der Waals surface area contributed by atoms with Crippen LogP contribution in [-0.4, -0.2) is 29.1 Å². The quantitative estimate of drug-likeness (QED) is 0.819. The largest absolute Gasteiger partial charge is 0.396 e. The van der Waals surface area contributed by atoms with Gasteiger partial charge in [-0.2, -0.15) is 0 Å². The van der Waals surface area contributed by atoms with Gasteiger partial charge in [-0.05, 0) is 24.0 Å². The van der Waals surface area contributed by atoms with Crippen molar-refractivity contribution < 1.29 is 9.90 Å². The van der Waals surface area contributed by atoms with Crippen LogP contribution in [0.25, 0.3) is 0 Å². The summed E-state index contributed by atoms with van der Waals surface area (Å²) < 4.78 is 0. The standard InChI is InChI=1S/C12H16Cl2N2O2/c1-12(2,3-4-17)7-15-11(18)8-5-9(13)16-10(14)6-8/h5-6,17H,3-4,7H2,1-2H3,(H,15,18). The highest BCUT2D eigenvalue weighted by atomic mass is 35.5. The highest BCUT2D eigenvalue weighted by molar-refractivity contribution is 6.33. The van der Waals surface area contributed by atoms with Crippen LogP contribution in [0.4, 0.5) is 0 Å². The summed E-state index contributed by atoms with van der Waals surface area (Å²) in [5, 5.41) is 12.0. The van der Waals surface area contributed by atoms with Gasteiger partial charge >= 0.3 is 0 Å². The second kappa shape index (κ2) is 6.36. The zero-order valence-electron chi connectivity index (χ0n) is 10.3. The first-order valence-corrected chi connectivity index (χ1v) is 6.32. The first kappa shape index (κ1) is 15.2. The summed E-state index contributed by atoms with van der Waals surface area (Å²) in [7, 11) is 0. The van der Waals surface area contributed by atoms with Crippen molar-refractivity contribution in [2.24, 2.45) is 5.41 Å². The lowest BCUT2D eigenvalue weighted by molar-refractivity contribution is 0.0928. The second-order valence-corrected chi connectivity index (χ2v) is 5.60. The molecule has 1 aromatic rings. The molecule has 100 valence electrons. The lowest BCUT2D eigenvalue weighted by Crippen LogP contribution is -2.34. The monoisotopic (exact) mass is 290 g/mol. The zero-order chi connectivity index (χ0) is 13.8. The molecule has 1 rings (SSSR count). The Balaban J connectivity index is 2.66. The topological polar surface area (TPSA) is 62.2 Å². The molecule has 0 bridgehead atoms. The van der Waals surface area contributed by atoms with E-state index in [-0.39, 0.29) is 28.2 Å². The Morgan fingerprint density at radius 1 is 1.39 bits per heavy atom. The maximum absolute atomic E-state index is 11.9. The third kappa shape index (κ3) is 4.80. The van der Waals surface area contributed by atoms with Gasteiger partial charge in [-0.15, -0.1) is 0 Å². The number of amides is 1. The van der Waals surface area contributed by atoms with E-state index < -0.39 is 0 Å². The summed E-state index contributed by atoms with van der Waals surface area (Å²) in [6.07, 6.45) is 0.616. The fourth-order valence-corrected chi connectivity index (χ4v) is 1.87. The van der Waals surface area contributed by atoms with Crippen LogP contribution >= 0.6 is 23.2 Å². The Morgan fingerprint density at radius 2 is 1.94 bits per heavy atom. The Morgan fingerprint density at radius 3 is 2.44 bits per heavy atom. The summed E-state index contributed by atoms with van der Waals surface area (Å²) in [6, 6.07) is 2.92. The number of hydrogen-bond donors (Lipinski definition) is 2. The number of nitrogens with one attached hydrogen (secondary N) is 1. The smallest absolute Gasteiger partial charge is 0.251 e. The third-order valence-electron chi connectivity index (χ3n) is 2.54. The van der Waals surface area contributed by atoms with Crippen LogP contribution < -0.4 is 5.32 Å². The molecule has 0 saturated carbocycles. The molecule has 0 fully saturated rings. The average molecular weight is 291 g/mol. The van der Waals surface area contributed by atoms with Gasteiger partial charge in [0.05, 0.1) is 0 Å². The number of halogens is 2. The number of aliphatic hydroxyl groups is 1. The highest BCUT2D eigenvalue weighted by Gasteiger charge is 2.19. The number of aromatic nitrogens is 1. The molecule has 0 atom stereocenters. The van der Waals surface area contributed by atoms with Gasteiger partial charge in [-0.1, -0.05) is 37.0 Å². The Bertz CT molecular complexity index is 416. The van der Waals surface area contributed by atoms with Crippen LogP contribution in [0.1, 0.15) is 30.6 Å². The van der Waals surface area contributed by atoms with Gasteiger partial charge in [0.1, 0.15) is 10.3 Å². The van der Waals surface area contributed by atoms with Crippen molar-refractivity contribution in [3.8, 4) is 0 Å². The molecule has 0 radical (unpaired) electrons. The van der Waals surface area contributed by atoms with Gasteiger partial charge in [0.2, 0.25) is 0 Å². The molecular formula is C12H16Cl2N2O2. The summed E-state index contributed by atoms with van der Waals surface area (Å²) in [5.41, 5.74) is 0.213. The predicted octanol–water partition coefficient (Wildman–Crippen LogP) is 2.53. The minimum atomic E-state index is -0.257. The van der Waals surface area contributed by atoms with Gasteiger partial charge < -0.3 is 10.4 Å². The van der Waals surface area contributed by atoms with Crippen LogP contribution in [0.3, 0.4) is 0 Å². The van der Waals surface area contributed by atoms with Crippen molar-refractivity contribution in [3.63, 3.8) is 0 Å². The number of carbonyl (C=O) groups excluding carboxylic acids is 1. The van der Waals surface area contributed by atoms with E-state index in [1.165, 1.54) is 12.1 Å². The van der Waals surface area contributed by atoms with E-state index in [0.717, 1.165) is 0 Å². The van der Waals surface area contributed by atoms with Crippen LogP contribution in [-0.2, 0) is 0 Å². The molecule has 6 heteroatoms. The number of carbonyl (C=O) groups is 1. The lowest BCUT2D eigenvalue weighted by Gasteiger charge is -2.23. The predicted molar refractivity (Wildman–Crippen MR) is 72.1 cm³/mol. The lowest BCUT2D eigenvalue weighted by atomic mass is 9.89. The van der Waals surface area contributed by atoms with Gasteiger partial charge in [0.15, 0.2) is 0 Å². The normalized spacial score (nSPS) is 11.4. The molecule has 0 spiro atoms. The van der Waals surface area contributed by atoms with Gasteiger partial charge in [-0.25, -0.2) is 4.98 Å². The Labute approximate surface area is 116 Å². The van der Waals surface area contributed by atoms with Crippen molar-refractivity contribution in [1.82, 2.24) is 10.3 Å². The van der Waals surface area contributed by atoms with Gasteiger partial charge in [0, 0.05) is 18.7 Å². The van der Waals surface area contributed by atoms with E-state index in [2.05, 4.69) is 10.3 Å². The molecule has 0 saturated heterocycles. The molecule has 1 amide bonds. The van der Waals surface area contributed by atoms with Crippen LogP contribution in [0.5, 0.6) is 0 Å². The summed E-state index contributed by atoms with van der Waals surface area (Å²) >= 11 is 11.5. The van der Waals surface area contributed by atoms with E-state index in [9.17, 15) is 4.79 Å². The van der Waals surface area contributed by atoms with Crippen molar-refractivity contribution in [3.05, 3.63) is 28.0 Å². The molecule has 18 heavy (non-hydrogen) atoms. The molecular weight excluding hydrogens is 275 g/mol. The third-order valence-corrected chi connectivity index (χ3v) is 2.93. The second-order valence-electron chi connectivity index (χ2n) is 4.82. The number of rotatable bonds is 5. The number of pyridine rings is 1. The number of hydrogen-bond acceptors (Lipinski definition) is 3. The molecule has 1 aromatic heterocycles. The zero-order valence-corrected chi connectivity index (χ0v) is 11.8. The summed E-state index contributed by atoms with van der Waals surface area (Å²) in [4.78, 5) is 15.7. The maximum Gasteiger partial charge on any atom is 0.251 e. The fourth-order valence-electron chi connectivity index (χ4n) is 1.41. The molecule has 1 heterocycles. The van der Waals surface area contributed by atoms with E-state index in [1.54, 1.807) is 0 Å². The van der Waals surface area contributed by atoms with E-state index in [0.29, 0.717) is 18.5 Å². The molecule has 0 aliphatic carbocycles. The Kier molecular flexibility index (Phi) is 5.38. The van der Waals surface area contributed by atoms with Crippen molar-refractivity contribution in [2.45, 2.75) is 20.3 Å². The highest BCUT2D eigenvalue weighted by Crippen LogP contribution is 2.19. The van der Waals surface area contributed by atoms with Crippen LogP contribution in [0.15, 0.2) is 12.1 Å². The SMILES string of the molecule is CC(C)(CCO)CNC(=O)c1cc(Cl)nc(Cl)c1. The van der Waals surface area contributed by atoms with Crippen LogP contribution in [0, 0.1) is 5.41 Å². The van der Waals surface area contributed by atoms with Crippen molar-refractivity contribution in [2.75, 3.05) is 13.2 Å². The van der Waals surface area contributed by atoms with E-state index in [4.69, 9.17) is 28.3 Å². The number of nitrogens with zero attached hydrogens (tertiary/aromatic N) is 1. The Hall–Kier alpha value is -0.840. The summed E-state index contributed by atoms with van der Waals surface area (Å²) in [6.45, 7) is 4.49. The molecule has 0 aliphatic rings. The van der Waals surface area contributed by atoms with Crippen molar-refractivity contribution in [1.29, 1.82) is 0 Å². The van der Waals surface area contributed by atoms with Crippen molar-refractivity contribution >= 4 is 29.1 Å². The van der Waals surface area contributed by atoms with E-state index >= 15 is 0 Å². The molecule has 2 N–H and O–H groups in total. The molecule has 0 unspecified atom stereocenters. The minimum absolute atomic E-state index is 0.0930. The molecule has 4 nitrogen and oxygen atoms in total. The minimum Gasteiger partial charge on any atom is -0.396 e. The average Bonchev–Trinajstić information content (AvgIpc) is 2.24. The first-order valence-electron chi connectivity index (χ1n) is 5.56. The number of aliphatic hydroxyl groups excluding tert-OH is 1. The molecule has 0 aliphatic heterocycles. The van der Waals surface area contributed by atoms with Gasteiger partial charge in [0.25, 0.3) is 5.91 Å². The molecule has 0 aromatic carbocycles. The fraction of sp³-hybridized carbons (Fsp3) is 0.500. The summed E-state index contributed by atoms with van der Waals surface area (Å²) in [5.74, 6) is -0.257. The van der Waals surface area contributed by atoms with Crippen LogP contribution in [0.2, 0.25) is 10.3 Å².